The standard InChI is InChI=1S/C14H16N2O4/c1-14(20,8-17)7-15-12-6-10(13(18)19)9-4-2-3-5-11(9)16-12/h2-6,17,20H,7-8H2,1H3,(H,15,16)(H,18,19). The van der Waals surface area contributed by atoms with E-state index < -0.39 is 18.2 Å². The minimum atomic E-state index is -1.29. The summed E-state index contributed by atoms with van der Waals surface area (Å²) in [5.74, 6) is -0.699. The Bertz CT molecular complexity index is 640. The average molecular weight is 276 g/mol. The average Bonchev–Trinajstić information content (AvgIpc) is 2.44. The van der Waals surface area contributed by atoms with E-state index in [4.69, 9.17) is 5.11 Å². The first kappa shape index (κ1) is 14.2. The Morgan fingerprint density at radius 2 is 2.10 bits per heavy atom. The zero-order valence-electron chi connectivity index (χ0n) is 11.0. The number of nitrogens with zero attached hydrogens (tertiary/aromatic N) is 1. The molecule has 1 aromatic heterocycles. The molecule has 1 aromatic carbocycles. The molecule has 6 nitrogen and oxygen atoms in total. The number of carboxylic acids is 1. The number of aromatic nitrogens is 1. The van der Waals surface area contributed by atoms with Gasteiger partial charge in [-0.3, -0.25) is 0 Å². The Kier molecular flexibility index (Phi) is 3.87. The summed E-state index contributed by atoms with van der Waals surface area (Å²) in [5, 5.41) is 31.3. The van der Waals surface area contributed by atoms with Crippen molar-refractivity contribution in [1.82, 2.24) is 4.98 Å². The highest BCUT2D eigenvalue weighted by Crippen LogP contribution is 2.21. The third-order valence-corrected chi connectivity index (χ3v) is 2.94. The van der Waals surface area contributed by atoms with Crippen molar-refractivity contribution in [3.05, 3.63) is 35.9 Å². The molecule has 0 bridgehead atoms. The van der Waals surface area contributed by atoms with Crippen LogP contribution in [0.25, 0.3) is 10.9 Å². The highest BCUT2D eigenvalue weighted by molar-refractivity contribution is 6.03. The highest BCUT2D eigenvalue weighted by atomic mass is 16.4. The van der Waals surface area contributed by atoms with Crippen LogP contribution in [0.1, 0.15) is 17.3 Å². The van der Waals surface area contributed by atoms with Gasteiger partial charge in [0.2, 0.25) is 0 Å². The molecule has 4 N–H and O–H groups in total. The molecular formula is C14H16N2O4. The van der Waals surface area contributed by atoms with Crippen LogP contribution in [0.5, 0.6) is 0 Å². The number of para-hydroxylation sites is 1. The number of carboxylic acid groups (broad SMARTS) is 1. The molecule has 2 rings (SSSR count). The van der Waals surface area contributed by atoms with Gasteiger partial charge in [0.05, 0.1) is 17.7 Å². The number of aliphatic hydroxyl groups is 2. The SMILES string of the molecule is CC(O)(CO)CNc1cc(C(=O)O)c2ccccc2n1. The van der Waals surface area contributed by atoms with Gasteiger partial charge in [-0.05, 0) is 19.1 Å². The zero-order chi connectivity index (χ0) is 14.8. The Morgan fingerprint density at radius 3 is 2.75 bits per heavy atom. The number of carbonyl (C=O) groups is 1. The van der Waals surface area contributed by atoms with Gasteiger partial charge in [-0.25, -0.2) is 9.78 Å². The van der Waals surface area contributed by atoms with Gasteiger partial charge >= 0.3 is 5.97 Å². The van der Waals surface area contributed by atoms with Crippen LogP contribution in [0, 0.1) is 0 Å². The van der Waals surface area contributed by atoms with Crippen LogP contribution < -0.4 is 5.32 Å². The maximum Gasteiger partial charge on any atom is 0.336 e. The third-order valence-electron chi connectivity index (χ3n) is 2.94. The van der Waals surface area contributed by atoms with Gasteiger partial charge in [0.15, 0.2) is 0 Å². The van der Waals surface area contributed by atoms with Crippen LogP contribution in [0.3, 0.4) is 0 Å². The molecule has 20 heavy (non-hydrogen) atoms. The minimum absolute atomic E-state index is 0.0634. The summed E-state index contributed by atoms with van der Waals surface area (Å²) in [6.07, 6.45) is 0. The normalized spacial score (nSPS) is 13.9. The first-order valence-corrected chi connectivity index (χ1v) is 6.13. The number of hydrogen-bond acceptors (Lipinski definition) is 5. The van der Waals surface area contributed by atoms with E-state index >= 15 is 0 Å². The molecule has 0 saturated heterocycles. The predicted molar refractivity (Wildman–Crippen MR) is 74.9 cm³/mol. The van der Waals surface area contributed by atoms with Crippen molar-refractivity contribution in [3.63, 3.8) is 0 Å². The number of hydrogen-bond donors (Lipinski definition) is 4. The number of aromatic carboxylic acids is 1. The lowest BCUT2D eigenvalue weighted by Gasteiger charge is -2.21. The zero-order valence-corrected chi connectivity index (χ0v) is 11.0. The van der Waals surface area contributed by atoms with Gasteiger partial charge < -0.3 is 20.6 Å². The number of aliphatic hydroxyl groups excluding tert-OH is 1. The van der Waals surface area contributed by atoms with E-state index in [1.807, 2.05) is 0 Å². The van der Waals surface area contributed by atoms with Crippen LogP contribution in [0.15, 0.2) is 30.3 Å². The smallest absolute Gasteiger partial charge is 0.336 e. The first-order chi connectivity index (χ1) is 9.43. The summed E-state index contributed by atoms with van der Waals surface area (Å²) in [7, 11) is 0. The molecule has 0 aliphatic carbocycles. The van der Waals surface area contributed by atoms with Crippen molar-refractivity contribution in [1.29, 1.82) is 0 Å². The Labute approximate surface area is 115 Å². The van der Waals surface area contributed by atoms with Crippen molar-refractivity contribution < 1.29 is 20.1 Å². The first-order valence-electron chi connectivity index (χ1n) is 6.13. The van der Waals surface area contributed by atoms with Gasteiger partial charge in [-0.15, -0.1) is 0 Å². The van der Waals surface area contributed by atoms with E-state index in [-0.39, 0.29) is 12.1 Å². The monoisotopic (exact) mass is 276 g/mol. The highest BCUT2D eigenvalue weighted by Gasteiger charge is 2.19. The maximum atomic E-state index is 11.3. The van der Waals surface area contributed by atoms with Crippen molar-refractivity contribution in [3.8, 4) is 0 Å². The Hall–Kier alpha value is -2.18. The quantitative estimate of drug-likeness (QED) is 0.652. The molecule has 0 fully saturated rings. The van der Waals surface area contributed by atoms with Crippen molar-refractivity contribution in [2.75, 3.05) is 18.5 Å². The van der Waals surface area contributed by atoms with Crippen molar-refractivity contribution in [2.45, 2.75) is 12.5 Å². The van der Waals surface area contributed by atoms with Crippen molar-refractivity contribution in [2.24, 2.45) is 0 Å². The van der Waals surface area contributed by atoms with E-state index in [2.05, 4.69) is 10.3 Å². The summed E-state index contributed by atoms with van der Waals surface area (Å²) < 4.78 is 0. The van der Waals surface area contributed by atoms with Crippen LogP contribution >= 0.6 is 0 Å². The van der Waals surface area contributed by atoms with E-state index in [1.54, 1.807) is 24.3 Å². The molecule has 0 radical (unpaired) electrons. The third kappa shape index (κ3) is 3.04. The second-order valence-corrected chi connectivity index (χ2v) is 4.89. The number of fused-ring (bicyclic) bond motifs is 1. The second kappa shape index (κ2) is 5.44. The van der Waals surface area contributed by atoms with Crippen LogP contribution in [0.2, 0.25) is 0 Å². The lowest BCUT2D eigenvalue weighted by molar-refractivity contribution is 0.0132. The summed E-state index contributed by atoms with van der Waals surface area (Å²) in [4.78, 5) is 15.6. The van der Waals surface area contributed by atoms with Gasteiger partial charge in [-0.2, -0.15) is 0 Å². The Morgan fingerprint density at radius 1 is 1.40 bits per heavy atom. The van der Waals surface area contributed by atoms with E-state index in [0.717, 1.165) is 0 Å². The lowest BCUT2D eigenvalue weighted by atomic mass is 10.1. The Balaban J connectivity index is 2.38. The number of benzene rings is 1. The van der Waals surface area contributed by atoms with E-state index in [0.29, 0.717) is 16.7 Å². The van der Waals surface area contributed by atoms with Crippen molar-refractivity contribution >= 4 is 22.7 Å². The molecule has 2 aromatic rings. The van der Waals surface area contributed by atoms with Gasteiger partial charge in [-0.1, -0.05) is 18.2 Å². The molecule has 6 heteroatoms. The predicted octanol–water partition coefficient (Wildman–Crippen LogP) is 1.09. The number of nitrogens with one attached hydrogen (secondary N) is 1. The molecular weight excluding hydrogens is 260 g/mol. The summed E-state index contributed by atoms with van der Waals surface area (Å²) in [6, 6.07) is 8.35. The molecule has 106 valence electrons. The molecule has 0 amide bonds. The topological polar surface area (TPSA) is 103 Å². The molecule has 1 heterocycles. The van der Waals surface area contributed by atoms with Gasteiger partial charge in [0, 0.05) is 11.9 Å². The molecule has 0 saturated carbocycles. The lowest BCUT2D eigenvalue weighted by Crippen LogP contribution is -2.37. The van der Waals surface area contributed by atoms with Crippen LogP contribution in [-0.4, -0.2) is 45.0 Å². The van der Waals surface area contributed by atoms with Crippen LogP contribution in [-0.2, 0) is 0 Å². The second-order valence-electron chi connectivity index (χ2n) is 4.89. The van der Waals surface area contributed by atoms with Gasteiger partial charge in [0.25, 0.3) is 0 Å². The summed E-state index contributed by atoms with van der Waals surface area (Å²) in [5.41, 5.74) is -0.600. The fraction of sp³-hybridized carbons (Fsp3) is 0.286. The van der Waals surface area contributed by atoms with E-state index in [1.165, 1.54) is 13.0 Å². The molecule has 0 spiro atoms. The summed E-state index contributed by atoms with van der Waals surface area (Å²) in [6.45, 7) is 1.13. The number of rotatable bonds is 5. The number of pyridine rings is 1. The molecule has 1 atom stereocenters. The van der Waals surface area contributed by atoms with E-state index in [9.17, 15) is 15.0 Å². The fourth-order valence-corrected chi connectivity index (χ4v) is 1.78. The van der Waals surface area contributed by atoms with Crippen LogP contribution in [0.4, 0.5) is 5.82 Å². The fourth-order valence-electron chi connectivity index (χ4n) is 1.78. The minimum Gasteiger partial charge on any atom is -0.478 e. The number of anilines is 1. The molecule has 0 aliphatic rings. The largest absolute Gasteiger partial charge is 0.478 e. The summed E-state index contributed by atoms with van der Waals surface area (Å²) >= 11 is 0. The molecule has 1 unspecified atom stereocenters. The van der Waals surface area contributed by atoms with Gasteiger partial charge in [0.1, 0.15) is 11.4 Å². The molecule has 0 aliphatic heterocycles. The maximum absolute atomic E-state index is 11.3.